The Bertz CT molecular complexity index is 741. The minimum atomic E-state index is -0.405. The van der Waals surface area contributed by atoms with Gasteiger partial charge >= 0.3 is 5.97 Å². The fraction of sp³-hybridized carbons (Fsp3) is 0.500. The summed E-state index contributed by atoms with van der Waals surface area (Å²) >= 11 is 0. The number of ether oxygens (including phenoxy) is 2. The van der Waals surface area contributed by atoms with E-state index in [9.17, 15) is 4.79 Å². The van der Waals surface area contributed by atoms with E-state index in [1.807, 2.05) is 30.3 Å². The summed E-state index contributed by atoms with van der Waals surface area (Å²) in [6.07, 6.45) is 2.68. The van der Waals surface area contributed by atoms with Gasteiger partial charge in [-0.15, -0.1) is 5.10 Å². The molecule has 6 heteroatoms. The van der Waals surface area contributed by atoms with Crippen molar-refractivity contribution in [3.63, 3.8) is 0 Å². The number of carbonyl (C=O) groups excluding carboxylic acids is 1. The summed E-state index contributed by atoms with van der Waals surface area (Å²) in [5.41, 5.74) is 1.22. The van der Waals surface area contributed by atoms with Crippen LogP contribution in [0.3, 0.4) is 0 Å². The molecule has 2 aliphatic rings. The predicted octanol–water partition coefficient (Wildman–Crippen LogP) is 2.30. The number of rotatable bonds is 4. The molecule has 0 radical (unpaired) electrons. The van der Waals surface area contributed by atoms with Crippen LogP contribution in [0.5, 0.6) is 0 Å². The molecule has 0 amide bonds. The van der Waals surface area contributed by atoms with E-state index in [0.29, 0.717) is 12.5 Å². The lowest BCUT2D eigenvalue weighted by Gasteiger charge is -2.52. The molecule has 1 saturated carbocycles. The van der Waals surface area contributed by atoms with Crippen LogP contribution in [0.1, 0.15) is 36.3 Å². The van der Waals surface area contributed by atoms with Gasteiger partial charge in [0.1, 0.15) is 6.10 Å². The van der Waals surface area contributed by atoms with Gasteiger partial charge in [0.15, 0.2) is 5.69 Å². The summed E-state index contributed by atoms with van der Waals surface area (Å²) in [7, 11) is 0. The summed E-state index contributed by atoms with van der Waals surface area (Å²) in [6, 6.07) is 9.93. The zero-order valence-corrected chi connectivity index (χ0v) is 13.9. The Morgan fingerprint density at radius 3 is 2.96 bits per heavy atom. The van der Waals surface area contributed by atoms with Crippen molar-refractivity contribution in [2.75, 3.05) is 6.61 Å². The van der Waals surface area contributed by atoms with Crippen LogP contribution in [0.25, 0.3) is 0 Å². The molecule has 1 aromatic carbocycles. The van der Waals surface area contributed by atoms with Gasteiger partial charge in [-0.3, -0.25) is 0 Å². The normalized spacial score (nSPS) is 27.3. The van der Waals surface area contributed by atoms with E-state index < -0.39 is 5.97 Å². The number of carbonyl (C=O) groups is 1. The standard InChI is InChI=1S/C18H21N3O3/c1-18(2)15-13(8-9-23-15)16(18)24-17(22)14-11-21(20-19-14)10-12-6-4-3-5-7-12/h3-7,11,13,15-16H,8-10H2,1-2H3/t13-,15-,16+/m1/s1. The molecule has 0 N–H and O–H groups in total. The number of hydrogen-bond donors (Lipinski definition) is 0. The molecule has 1 saturated heterocycles. The van der Waals surface area contributed by atoms with Crippen LogP contribution < -0.4 is 0 Å². The van der Waals surface area contributed by atoms with Crippen LogP contribution in [0, 0.1) is 11.3 Å². The molecule has 3 atom stereocenters. The van der Waals surface area contributed by atoms with E-state index in [1.165, 1.54) is 0 Å². The van der Waals surface area contributed by atoms with Crippen LogP contribution in [0.15, 0.2) is 36.5 Å². The Morgan fingerprint density at radius 2 is 2.17 bits per heavy atom. The molecule has 2 aromatic rings. The molecule has 2 heterocycles. The van der Waals surface area contributed by atoms with E-state index in [2.05, 4.69) is 24.2 Å². The lowest BCUT2D eigenvalue weighted by molar-refractivity contribution is -0.183. The molecule has 24 heavy (non-hydrogen) atoms. The van der Waals surface area contributed by atoms with Gasteiger partial charge in [-0.05, 0) is 12.0 Å². The lowest BCUT2D eigenvalue weighted by atomic mass is 9.59. The number of aromatic nitrogens is 3. The summed E-state index contributed by atoms with van der Waals surface area (Å²) in [4.78, 5) is 12.4. The van der Waals surface area contributed by atoms with E-state index in [0.717, 1.165) is 18.6 Å². The van der Waals surface area contributed by atoms with Crippen LogP contribution in [-0.2, 0) is 16.0 Å². The third-order valence-electron chi connectivity index (χ3n) is 5.16. The lowest BCUT2D eigenvalue weighted by Crippen LogP contribution is -2.61. The average Bonchev–Trinajstić information content (AvgIpc) is 3.21. The van der Waals surface area contributed by atoms with E-state index in [-0.39, 0.29) is 23.3 Å². The Hall–Kier alpha value is -2.21. The molecular formula is C18H21N3O3. The second-order valence-corrected chi connectivity index (χ2v) is 7.18. The third-order valence-corrected chi connectivity index (χ3v) is 5.16. The predicted molar refractivity (Wildman–Crippen MR) is 86.4 cm³/mol. The minimum Gasteiger partial charge on any atom is -0.456 e. The van der Waals surface area contributed by atoms with Crippen LogP contribution in [-0.4, -0.2) is 39.8 Å². The fourth-order valence-corrected chi connectivity index (χ4v) is 3.93. The highest BCUT2D eigenvalue weighted by Crippen LogP contribution is 2.53. The van der Waals surface area contributed by atoms with Gasteiger partial charge < -0.3 is 9.47 Å². The molecule has 126 valence electrons. The molecule has 0 spiro atoms. The van der Waals surface area contributed by atoms with Gasteiger partial charge in [-0.25, -0.2) is 9.48 Å². The average molecular weight is 327 g/mol. The first-order valence-electron chi connectivity index (χ1n) is 8.32. The van der Waals surface area contributed by atoms with Crippen LogP contribution >= 0.6 is 0 Å². The van der Waals surface area contributed by atoms with Crippen molar-refractivity contribution < 1.29 is 14.3 Å². The van der Waals surface area contributed by atoms with Crippen molar-refractivity contribution in [1.82, 2.24) is 15.0 Å². The first-order valence-corrected chi connectivity index (χ1v) is 8.32. The number of esters is 1. The van der Waals surface area contributed by atoms with E-state index in [4.69, 9.17) is 9.47 Å². The van der Waals surface area contributed by atoms with Gasteiger partial charge in [0, 0.05) is 17.9 Å². The molecule has 0 unspecified atom stereocenters. The zero-order chi connectivity index (χ0) is 16.7. The van der Waals surface area contributed by atoms with E-state index >= 15 is 0 Å². The highest BCUT2D eigenvalue weighted by atomic mass is 16.6. The Morgan fingerprint density at radius 1 is 1.38 bits per heavy atom. The topological polar surface area (TPSA) is 66.2 Å². The van der Waals surface area contributed by atoms with Crippen molar-refractivity contribution >= 4 is 5.97 Å². The van der Waals surface area contributed by atoms with Crippen molar-refractivity contribution in [3.8, 4) is 0 Å². The summed E-state index contributed by atoms with van der Waals surface area (Å²) in [5, 5.41) is 7.99. The highest BCUT2D eigenvalue weighted by Gasteiger charge is 2.61. The second kappa shape index (κ2) is 5.70. The highest BCUT2D eigenvalue weighted by molar-refractivity contribution is 5.87. The Balaban J connectivity index is 1.42. The van der Waals surface area contributed by atoms with Gasteiger partial charge in [-0.1, -0.05) is 49.4 Å². The van der Waals surface area contributed by atoms with Gasteiger partial charge in [0.2, 0.25) is 0 Å². The van der Waals surface area contributed by atoms with Crippen molar-refractivity contribution in [2.45, 2.75) is 39.0 Å². The van der Waals surface area contributed by atoms with Gasteiger partial charge in [0.05, 0.1) is 18.8 Å². The quantitative estimate of drug-likeness (QED) is 0.806. The number of hydrogen-bond acceptors (Lipinski definition) is 5. The molecule has 1 aliphatic carbocycles. The summed E-state index contributed by atoms with van der Waals surface area (Å²) < 4.78 is 13.1. The van der Waals surface area contributed by atoms with Gasteiger partial charge in [0.25, 0.3) is 0 Å². The SMILES string of the molecule is CC1(C)[C@@H]2OCC[C@H]2[C@@H]1OC(=O)c1cn(Cc2ccccc2)nn1. The number of nitrogens with zero attached hydrogens (tertiary/aromatic N) is 3. The number of fused-ring (bicyclic) bond motifs is 1. The Labute approximate surface area is 140 Å². The summed E-state index contributed by atoms with van der Waals surface area (Å²) in [6.45, 7) is 5.50. The largest absolute Gasteiger partial charge is 0.456 e. The second-order valence-electron chi connectivity index (χ2n) is 7.18. The Kier molecular flexibility index (Phi) is 3.64. The van der Waals surface area contributed by atoms with Crippen molar-refractivity contribution in [3.05, 3.63) is 47.8 Å². The van der Waals surface area contributed by atoms with Crippen LogP contribution in [0.4, 0.5) is 0 Å². The fourth-order valence-electron chi connectivity index (χ4n) is 3.93. The first kappa shape index (κ1) is 15.3. The molecule has 1 aromatic heterocycles. The molecule has 4 rings (SSSR count). The minimum absolute atomic E-state index is 0.114. The maximum Gasteiger partial charge on any atom is 0.360 e. The third kappa shape index (κ3) is 2.51. The molecule has 6 nitrogen and oxygen atoms in total. The maximum atomic E-state index is 12.4. The maximum absolute atomic E-state index is 12.4. The monoisotopic (exact) mass is 327 g/mol. The zero-order valence-electron chi connectivity index (χ0n) is 13.9. The molecule has 2 fully saturated rings. The molecular weight excluding hydrogens is 306 g/mol. The number of benzene rings is 1. The van der Waals surface area contributed by atoms with Crippen LogP contribution in [0.2, 0.25) is 0 Å². The van der Waals surface area contributed by atoms with E-state index in [1.54, 1.807) is 10.9 Å². The molecule has 0 bridgehead atoms. The van der Waals surface area contributed by atoms with Gasteiger partial charge in [-0.2, -0.15) is 0 Å². The molecule has 1 aliphatic heterocycles. The van der Waals surface area contributed by atoms with Crippen molar-refractivity contribution in [1.29, 1.82) is 0 Å². The summed E-state index contributed by atoms with van der Waals surface area (Å²) in [5.74, 6) is -0.0962. The first-order chi connectivity index (χ1) is 11.6. The smallest absolute Gasteiger partial charge is 0.360 e. The van der Waals surface area contributed by atoms with Crippen molar-refractivity contribution in [2.24, 2.45) is 11.3 Å².